The zero-order chi connectivity index (χ0) is 21.0. The highest BCUT2D eigenvalue weighted by atomic mass is 127. The summed E-state index contributed by atoms with van der Waals surface area (Å²) >= 11 is 0. The molecule has 1 saturated heterocycles. The largest absolute Gasteiger partial charge is 0.460 e. The van der Waals surface area contributed by atoms with E-state index < -0.39 is 5.60 Å². The lowest BCUT2D eigenvalue weighted by Gasteiger charge is -2.34. The molecule has 0 aromatic heterocycles. The Kier molecular flexibility index (Phi) is 14.3. The van der Waals surface area contributed by atoms with Gasteiger partial charge in [-0.15, -0.1) is 24.0 Å². The maximum Gasteiger partial charge on any atom is 0.306 e. The number of hydrogen-bond donors (Lipinski definition) is 2. The first-order valence-corrected chi connectivity index (χ1v) is 10.7. The summed E-state index contributed by atoms with van der Waals surface area (Å²) in [5, 5.41) is 3.36. The molecule has 1 rings (SSSR count). The minimum absolute atomic E-state index is 0. The monoisotopic (exact) mass is 524 g/mol. The van der Waals surface area contributed by atoms with Gasteiger partial charge in [-0.25, -0.2) is 0 Å². The number of halogens is 1. The number of hydrogen-bond acceptors (Lipinski definition) is 4. The number of likely N-dealkylation sites (tertiary alicyclic amines) is 1. The zero-order valence-corrected chi connectivity index (χ0v) is 21.0. The van der Waals surface area contributed by atoms with Crippen molar-refractivity contribution in [2.75, 3.05) is 26.2 Å². The van der Waals surface area contributed by atoms with E-state index in [-0.39, 0.29) is 35.9 Å². The second kappa shape index (κ2) is 14.8. The molecular weight excluding hydrogens is 483 g/mol. The molecule has 1 heterocycles. The summed E-state index contributed by atoms with van der Waals surface area (Å²) in [7, 11) is 0. The topological polar surface area (TPSA) is 97.0 Å². The predicted octanol–water partition coefficient (Wildman–Crippen LogP) is 3.45. The average Bonchev–Trinajstić information content (AvgIpc) is 2.58. The normalized spacial score (nSPS) is 17.4. The fourth-order valence-electron chi connectivity index (χ4n) is 3.45. The lowest BCUT2D eigenvalue weighted by atomic mass is 9.95. The zero-order valence-electron chi connectivity index (χ0n) is 18.7. The van der Waals surface area contributed by atoms with Crippen molar-refractivity contribution in [2.24, 2.45) is 16.6 Å². The fraction of sp³-hybridized carbons (Fsp3) is 0.857. The van der Waals surface area contributed by atoms with E-state index in [4.69, 9.17) is 15.5 Å². The van der Waals surface area contributed by atoms with E-state index in [1.807, 2.05) is 20.8 Å². The highest BCUT2D eigenvalue weighted by molar-refractivity contribution is 14.0. The molecule has 0 bridgehead atoms. The number of nitrogens with one attached hydrogen (secondary N) is 1. The van der Waals surface area contributed by atoms with Crippen molar-refractivity contribution in [3.8, 4) is 0 Å². The summed E-state index contributed by atoms with van der Waals surface area (Å²) in [4.78, 5) is 29.9. The Morgan fingerprint density at radius 3 is 2.52 bits per heavy atom. The molecule has 1 fully saturated rings. The van der Waals surface area contributed by atoms with Crippen LogP contribution in [-0.4, -0.2) is 54.5 Å². The summed E-state index contributed by atoms with van der Waals surface area (Å²) in [5.41, 5.74) is 4.95. The van der Waals surface area contributed by atoms with Crippen LogP contribution in [0, 0.1) is 5.92 Å². The fourth-order valence-corrected chi connectivity index (χ4v) is 3.45. The molecule has 29 heavy (non-hydrogen) atoms. The molecule has 1 aliphatic heterocycles. The molecule has 3 N–H and O–H groups in total. The van der Waals surface area contributed by atoms with E-state index in [9.17, 15) is 9.59 Å². The first-order chi connectivity index (χ1) is 13.2. The van der Waals surface area contributed by atoms with Gasteiger partial charge < -0.3 is 20.7 Å². The third kappa shape index (κ3) is 13.7. The van der Waals surface area contributed by atoms with Crippen LogP contribution in [0.25, 0.3) is 0 Å². The smallest absolute Gasteiger partial charge is 0.306 e. The van der Waals surface area contributed by atoms with Gasteiger partial charge in [0.1, 0.15) is 5.60 Å². The summed E-state index contributed by atoms with van der Waals surface area (Å²) in [6, 6.07) is 0. The first kappa shape index (κ1) is 27.9. The molecule has 0 aromatic carbocycles. The van der Waals surface area contributed by atoms with Crippen LogP contribution >= 0.6 is 24.0 Å². The SMILES string of the molecule is CCNC(=NCCCCCCC(=O)OC(C)(C)C)N1CCCC(CC(N)=O)C1.I. The molecule has 1 atom stereocenters. The number of carbonyl (C=O) groups is 2. The van der Waals surface area contributed by atoms with Gasteiger partial charge in [0.2, 0.25) is 5.91 Å². The van der Waals surface area contributed by atoms with Crippen LogP contribution in [0.2, 0.25) is 0 Å². The van der Waals surface area contributed by atoms with Crippen molar-refractivity contribution in [3.63, 3.8) is 0 Å². The van der Waals surface area contributed by atoms with Gasteiger partial charge in [0.15, 0.2) is 5.96 Å². The Morgan fingerprint density at radius 1 is 1.21 bits per heavy atom. The number of nitrogens with two attached hydrogens (primary N) is 1. The Labute approximate surface area is 193 Å². The van der Waals surface area contributed by atoms with Crippen LogP contribution in [0.4, 0.5) is 0 Å². The highest BCUT2D eigenvalue weighted by Gasteiger charge is 2.23. The molecule has 0 aromatic rings. The second-order valence-electron chi connectivity index (χ2n) is 8.61. The second-order valence-corrected chi connectivity index (χ2v) is 8.61. The van der Waals surface area contributed by atoms with Gasteiger partial charge in [0.05, 0.1) is 0 Å². The molecule has 8 heteroatoms. The van der Waals surface area contributed by atoms with E-state index in [2.05, 4.69) is 17.1 Å². The van der Waals surface area contributed by atoms with Gasteiger partial charge in [-0.05, 0) is 59.3 Å². The minimum Gasteiger partial charge on any atom is -0.460 e. The first-order valence-electron chi connectivity index (χ1n) is 10.7. The molecule has 0 aliphatic carbocycles. The van der Waals surface area contributed by atoms with Crippen molar-refractivity contribution in [3.05, 3.63) is 0 Å². The van der Waals surface area contributed by atoms with Gasteiger partial charge in [-0.3, -0.25) is 14.6 Å². The van der Waals surface area contributed by atoms with Crippen molar-refractivity contribution < 1.29 is 14.3 Å². The quantitative estimate of drug-likeness (QED) is 0.150. The van der Waals surface area contributed by atoms with Gasteiger partial charge in [-0.2, -0.15) is 0 Å². The minimum atomic E-state index is -0.403. The van der Waals surface area contributed by atoms with Crippen LogP contribution in [0.5, 0.6) is 0 Å². The number of ether oxygens (including phenoxy) is 1. The molecule has 1 unspecified atom stereocenters. The summed E-state index contributed by atoms with van der Waals surface area (Å²) in [6.45, 7) is 11.1. The van der Waals surface area contributed by atoms with Crippen LogP contribution in [0.3, 0.4) is 0 Å². The number of primary amides is 1. The number of aliphatic imine (C=N–C) groups is 1. The Morgan fingerprint density at radius 2 is 1.90 bits per heavy atom. The predicted molar refractivity (Wildman–Crippen MR) is 128 cm³/mol. The van der Waals surface area contributed by atoms with Crippen LogP contribution < -0.4 is 11.1 Å². The van der Waals surface area contributed by atoms with E-state index >= 15 is 0 Å². The van der Waals surface area contributed by atoms with Crippen LogP contribution in [0.1, 0.15) is 79.1 Å². The third-order valence-corrected chi connectivity index (χ3v) is 4.61. The van der Waals surface area contributed by atoms with Crippen molar-refractivity contribution in [1.29, 1.82) is 0 Å². The maximum absolute atomic E-state index is 11.7. The van der Waals surface area contributed by atoms with Gasteiger partial charge >= 0.3 is 5.97 Å². The lowest BCUT2D eigenvalue weighted by Crippen LogP contribution is -2.47. The number of piperidine rings is 1. The molecule has 170 valence electrons. The van der Waals surface area contributed by atoms with Gasteiger partial charge in [0.25, 0.3) is 0 Å². The highest BCUT2D eigenvalue weighted by Crippen LogP contribution is 2.19. The molecule has 7 nitrogen and oxygen atoms in total. The standard InChI is InChI=1S/C21H40N4O3.HI/c1-5-23-20(25-14-10-11-17(16-25)15-18(22)26)24-13-9-7-6-8-12-19(27)28-21(2,3)4;/h17H,5-16H2,1-4H3,(H2,22,26)(H,23,24);1H. The van der Waals surface area contributed by atoms with E-state index in [0.29, 0.717) is 18.8 Å². The number of nitrogens with zero attached hydrogens (tertiary/aromatic N) is 2. The summed E-state index contributed by atoms with van der Waals surface area (Å²) in [6.07, 6.45) is 6.97. The van der Waals surface area contributed by atoms with Gasteiger partial charge in [0, 0.05) is 39.0 Å². The Hall–Kier alpha value is -1.06. The maximum atomic E-state index is 11.7. The Balaban J connectivity index is 0.00000784. The molecule has 0 spiro atoms. The number of guanidine groups is 1. The number of amides is 1. The summed E-state index contributed by atoms with van der Waals surface area (Å²) in [5.74, 6) is 0.920. The number of unbranched alkanes of at least 4 members (excludes halogenated alkanes) is 3. The number of esters is 1. The number of carbonyl (C=O) groups excluding carboxylic acids is 2. The van der Waals surface area contributed by atoms with Crippen LogP contribution in [0.15, 0.2) is 4.99 Å². The van der Waals surface area contributed by atoms with E-state index in [1.54, 1.807) is 0 Å². The van der Waals surface area contributed by atoms with Crippen molar-refractivity contribution in [1.82, 2.24) is 10.2 Å². The van der Waals surface area contributed by atoms with E-state index in [1.165, 1.54) is 0 Å². The molecular formula is C21H41IN4O3. The molecule has 0 saturated carbocycles. The Bertz CT molecular complexity index is 521. The molecule has 0 radical (unpaired) electrons. The average molecular weight is 524 g/mol. The van der Waals surface area contributed by atoms with Crippen molar-refractivity contribution >= 4 is 41.8 Å². The summed E-state index contributed by atoms with van der Waals surface area (Å²) < 4.78 is 5.32. The van der Waals surface area contributed by atoms with Crippen molar-refractivity contribution in [2.45, 2.75) is 84.7 Å². The third-order valence-electron chi connectivity index (χ3n) is 4.61. The van der Waals surface area contributed by atoms with Crippen LogP contribution in [-0.2, 0) is 14.3 Å². The van der Waals surface area contributed by atoms with Gasteiger partial charge in [-0.1, -0.05) is 12.8 Å². The molecule has 1 aliphatic rings. The number of rotatable bonds is 10. The van der Waals surface area contributed by atoms with E-state index in [0.717, 1.165) is 70.7 Å². The lowest BCUT2D eigenvalue weighted by molar-refractivity contribution is -0.154. The molecule has 1 amide bonds.